The Hall–Kier alpha value is -0.310. The molecule has 0 spiro atoms. The van der Waals surface area contributed by atoms with E-state index in [1.54, 1.807) is 0 Å². The molecular weight excluding hydrogens is 136 g/mol. The predicted octanol–water partition coefficient (Wildman–Crippen LogP) is 1.06. The van der Waals surface area contributed by atoms with Gasteiger partial charge in [0.05, 0.1) is 0 Å². The topological polar surface area (TPSA) is 34.1 Å². The van der Waals surface area contributed by atoms with Gasteiger partial charge in [0, 0.05) is 5.37 Å². The minimum absolute atomic E-state index is 0.658. The molecule has 0 fully saturated rings. The van der Waals surface area contributed by atoms with Gasteiger partial charge in [-0.05, 0) is 12.8 Å². The van der Waals surface area contributed by atoms with E-state index in [2.05, 4.69) is 6.92 Å². The third-order valence-corrected chi connectivity index (χ3v) is 1.47. The smallest absolute Gasteiger partial charge is 0.185 e. The summed E-state index contributed by atoms with van der Waals surface area (Å²) in [7, 11) is -1.96. The molecule has 0 atom stereocenters. The van der Waals surface area contributed by atoms with Crippen molar-refractivity contribution in [3.8, 4) is 0 Å². The summed E-state index contributed by atoms with van der Waals surface area (Å²) in [5.74, 6) is 0. The summed E-state index contributed by atoms with van der Waals surface area (Å²) in [6, 6.07) is 0. The Balaban J connectivity index is 3.20. The lowest BCUT2D eigenvalue weighted by atomic mass is 10.2. The number of unbranched alkanes of at least 4 members (excludes halogenated alkanes) is 3. The highest BCUT2D eigenvalue weighted by Gasteiger charge is 1.81. The molecule has 0 saturated heterocycles. The molecule has 0 aliphatic rings. The Bertz CT molecular complexity index is 159. The number of hydrogen-bond acceptors (Lipinski definition) is 2. The van der Waals surface area contributed by atoms with Crippen LogP contribution in [-0.2, 0) is 10.3 Å². The first-order valence-corrected chi connectivity index (χ1v) is 4.12. The molecule has 0 N–H and O–H groups in total. The van der Waals surface area contributed by atoms with Crippen LogP contribution in [0.3, 0.4) is 0 Å². The molecule has 9 heavy (non-hydrogen) atoms. The van der Waals surface area contributed by atoms with Gasteiger partial charge in [0.1, 0.15) is 0 Å². The minimum Gasteiger partial charge on any atom is -0.185 e. The van der Waals surface area contributed by atoms with Crippen LogP contribution >= 0.6 is 0 Å². The van der Waals surface area contributed by atoms with E-state index in [-0.39, 0.29) is 0 Å². The average Bonchev–Trinajstić information content (AvgIpc) is 1.80. The standard InChI is InChI=1S/C6H11O2S/c1-2-3-4-5-6-9(7)8/h6H,1-5H2. The van der Waals surface area contributed by atoms with Gasteiger partial charge in [0.15, 0.2) is 0 Å². The Morgan fingerprint density at radius 3 is 2.44 bits per heavy atom. The van der Waals surface area contributed by atoms with Crippen LogP contribution in [0.1, 0.15) is 25.7 Å². The van der Waals surface area contributed by atoms with Crippen LogP contribution in [0.4, 0.5) is 0 Å². The van der Waals surface area contributed by atoms with Crippen molar-refractivity contribution in [1.29, 1.82) is 0 Å². The number of rotatable bonds is 4. The summed E-state index contributed by atoms with van der Waals surface area (Å²) < 4.78 is 19.8. The lowest BCUT2D eigenvalue weighted by Crippen LogP contribution is -1.77. The van der Waals surface area contributed by atoms with Crippen LogP contribution in [0.2, 0.25) is 0 Å². The van der Waals surface area contributed by atoms with E-state index >= 15 is 0 Å². The van der Waals surface area contributed by atoms with E-state index in [1.807, 2.05) is 0 Å². The Labute approximate surface area is 57.4 Å². The average molecular weight is 147 g/mol. The van der Waals surface area contributed by atoms with Gasteiger partial charge < -0.3 is 0 Å². The summed E-state index contributed by atoms with van der Waals surface area (Å²) in [6.45, 7) is 3.63. The van der Waals surface area contributed by atoms with E-state index < -0.39 is 10.3 Å². The predicted molar refractivity (Wildman–Crippen MR) is 38.8 cm³/mol. The van der Waals surface area contributed by atoms with Crippen molar-refractivity contribution in [1.82, 2.24) is 0 Å². The monoisotopic (exact) mass is 147 g/mol. The van der Waals surface area contributed by atoms with Gasteiger partial charge in [-0.25, -0.2) is 0 Å². The molecule has 0 aliphatic carbocycles. The van der Waals surface area contributed by atoms with Gasteiger partial charge in [0.25, 0.3) is 0 Å². The van der Waals surface area contributed by atoms with Gasteiger partial charge in [0.2, 0.25) is 10.3 Å². The van der Waals surface area contributed by atoms with E-state index in [4.69, 9.17) is 0 Å². The van der Waals surface area contributed by atoms with E-state index in [1.165, 1.54) is 5.37 Å². The first-order valence-electron chi connectivity index (χ1n) is 2.98. The summed E-state index contributed by atoms with van der Waals surface area (Å²) in [5, 5.41) is 1.29. The normalized spacial score (nSPS) is 9.00. The largest absolute Gasteiger partial charge is 0.209 e. The van der Waals surface area contributed by atoms with Gasteiger partial charge in [-0.15, -0.1) is 0 Å². The van der Waals surface area contributed by atoms with Crippen molar-refractivity contribution in [2.45, 2.75) is 25.7 Å². The van der Waals surface area contributed by atoms with Crippen molar-refractivity contribution < 1.29 is 8.42 Å². The molecule has 0 heterocycles. The van der Waals surface area contributed by atoms with Crippen molar-refractivity contribution >= 4 is 15.7 Å². The van der Waals surface area contributed by atoms with Gasteiger partial charge in [-0.1, -0.05) is 19.8 Å². The second-order valence-corrected chi connectivity index (χ2v) is 2.63. The summed E-state index contributed by atoms with van der Waals surface area (Å²) in [4.78, 5) is 0. The number of hydrogen-bond donors (Lipinski definition) is 0. The highest BCUT2D eigenvalue weighted by molar-refractivity contribution is 7.71. The maximum absolute atomic E-state index is 9.89. The zero-order chi connectivity index (χ0) is 7.11. The summed E-state index contributed by atoms with van der Waals surface area (Å²) in [5.41, 5.74) is 0. The molecule has 0 rings (SSSR count). The second kappa shape index (κ2) is 5.82. The molecule has 0 bridgehead atoms. The molecule has 1 radical (unpaired) electrons. The lowest BCUT2D eigenvalue weighted by molar-refractivity contribution is 0.627. The minimum atomic E-state index is -1.96. The van der Waals surface area contributed by atoms with E-state index in [0.29, 0.717) is 6.42 Å². The Kier molecular flexibility index (Phi) is 5.62. The maximum atomic E-state index is 9.89. The Morgan fingerprint density at radius 2 is 2.00 bits per heavy atom. The third kappa shape index (κ3) is 7.69. The molecular formula is C6H11O2S. The highest BCUT2D eigenvalue weighted by atomic mass is 32.2. The summed E-state index contributed by atoms with van der Waals surface area (Å²) >= 11 is 0. The molecule has 3 heteroatoms. The SMILES string of the molecule is [CH2]CCCCC=S(=O)=O. The highest BCUT2D eigenvalue weighted by Crippen LogP contribution is 1.94. The molecule has 0 saturated carbocycles. The molecule has 0 aromatic carbocycles. The van der Waals surface area contributed by atoms with Crippen LogP contribution in [0.25, 0.3) is 0 Å². The van der Waals surface area contributed by atoms with Gasteiger partial charge >= 0.3 is 0 Å². The van der Waals surface area contributed by atoms with Crippen molar-refractivity contribution in [3.63, 3.8) is 0 Å². The van der Waals surface area contributed by atoms with Crippen LogP contribution in [0, 0.1) is 6.92 Å². The third-order valence-electron chi connectivity index (χ3n) is 0.958. The van der Waals surface area contributed by atoms with E-state index in [0.717, 1.165) is 19.3 Å². The van der Waals surface area contributed by atoms with Crippen molar-refractivity contribution in [3.05, 3.63) is 6.92 Å². The van der Waals surface area contributed by atoms with Crippen LogP contribution in [0.5, 0.6) is 0 Å². The van der Waals surface area contributed by atoms with Crippen molar-refractivity contribution in [2.75, 3.05) is 0 Å². The van der Waals surface area contributed by atoms with E-state index in [9.17, 15) is 8.42 Å². The van der Waals surface area contributed by atoms with Crippen LogP contribution in [-0.4, -0.2) is 13.8 Å². The summed E-state index contributed by atoms with van der Waals surface area (Å²) in [6.07, 6.45) is 3.48. The van der Waals surface area contributed by atoms with Crippen LogP contribution in [0.15, 0.2) is 0 Å². The molecule has 53 valence electrons. The van der Waals surface area contributed by atoms with Gasteiger partial charge in [-0.2, -0.15) is 8.42 Å². The van der Waals surface area contributed by atoms with Gasteiger partial charge in [-0.3, -0.25) is 0 Å². The first-order chi connectivity index (χ1) is 4.27. The molecule has 0 unspecified atom stereocenters. The lowest BCUT2D eigenvalue weighted by Gasteiger charge is -1.86. The zero-order valence-corrected chi connectivity index (χ0v) is 6.15. The molecule has 0 amide bonds. The molecule has 0 aromatic rings. The Morgan fingerprint density at radius 1 is 1.33 bits per heavy atom. The quantitative estimate of drug-likeness (QED) is 0.440. The molecule has 0 aromatic heterocycles. The zero-order valence-electron chi connectivity index (χ0n) is 5.34. The maximum Gasteiger partial charge on any atom is 0.209 e. The first kappa shape index (κ1) is 8.69. The van der Waals surface area contributed by atoms with Crippen molar-refractivity contribution in [2.24, 2.45) is 0 Å². The fourth-order valence-corrected chi connectivity index (χ4v) is 0.860. The fourth-order valence-electron chi connectivity index (χ4n) is 0.501. The molecule has 2 nitrogen and oxygen atoms in total. The van der Waals surface area contributed by atoms with Crippen LogP contribution < -0.4 is 0 Å². The molecule has 0 aliphatic heterocycles. The fraction of sp³-hybridized carbons (Fsp3) is 0.667. The second-order valence-electron chi connectivity index (χ2n) is 1.78.